The lowest BCUT2D eigenvalue weighted by molar-refractivity contribution is -0.158. The molecule has 0 bridgehead atoms. The quantitative estimate of drug-likeness (QED) is 0.149. The van der Waals surface area contributed by atoms with Crippen LogP contribution in [-0.2, 0) is 23.9 Å². The Morgan fingerprint density at radius 3 is 2.60 bits per heavy atom. The lowest BCUT2D eigenvalue weighted by Crippen LogP contribution is -2.58. The molecule has 35 heavy (non-hydrogen) atoms. The lowest BCUT2D eigenvalue weighted by atomic mass is 9.61. The number of piperidine rings is 1. The number of hydrogen-bond donors (Lipinski definition) is 2. The van der Waals surface area contributed by atoms with Crippen LogP contribution >= 0.6 is 0 Å². The molecule has 6 unspecified atom stereocenters. The second kappa shape index (κ2) is 11.2. The molecule has 2 heterocycles. The second-order valence-electron chi connectivity index (χ2n) is 11.3. The first-order chi connectivity index (χ1) is 16.9. The smallest absolute Gasteiger partial charge is 0.349 e. The highest BCUT2D eigenvalue weighted by Crippen LogP contribution is 2.61. The van der Waals surface area contributed by atoms with E-state index in [0.717, 1.165) is 76.3 Å². The maximum absolute atomic E-state index is 13.7. The molecule has 3 N–H and O–H groups in total. The van der Waals surface area contributed by atoms with E-state index in [-0.39, 0.29) is 36.7 Å². The predicted molar refractivity (Wildman–Crippen MR) is 133 cm³/mol. The van der Waals surface area contributed by atoms with Gasteiger partial charge in [-0.05, 0) is 64.3 Å². The molecule has 2 saturated carbocycles. The molecule has 0 radical (unpaired) electrons. The van der Waals surface area contributed by atoms with Crippen LogP contribution in [0.5, 0.6) is 0 Å². The molecule has 0 aromatic rings. The molecule has 196 valence electrons. The molecule has 6 atom stereocenters. The van der Waals surface area contributed by atoms with Gasteiger partial charge in [0.2, 0.25) is 0 Å². The minimum Gasteiger partial charge on any atom is -0.463 e. The Morgan fingerprint density at radius 1 is 1.14 bits per heavy atom. The van der Waals surface area contributed by atoms with Crippen molar-refractivity contribution in [3.63, 3.8) is 0 Å². The van der Waals surface area contributed by atoms with Gasteiger partial charge in [-0.15, -0.1) is 0 Å². The van der Waals surface area contributed by atoms with Crippen molar-refractivity contribution >= 4 is 17.5 Å². The summed E-state index contributed by atoms with van der Waals surface area (Å²) in [6.07, 6.45) is 13.6. The van der Waals surface area contributed by atoms with Crippen LogP contribution in [0.2, 0.25) is 0 Å². The van der Waals surface area contributed by atoms with Crippen LogP contribution in [0.1, 0.15) is 97.3 Å². The van der Waals surface area contributed by atoms with Gasteiger partial charge in [0.15, 0.2) is 17.2 Å². The summed E-state index contributed by atoms with van der Waals surface area (Å²) in [5.41, 5.74) is 4.10. The van der Waals surface area contributed by atoms with Gasteiger partial charge in [-0.3, -0.25) is 9.59 Å². The summed E-state index contributed by atoms with van der Waals surface area (Å²) in [4.78, 5) is 40.6. The largest absolute Gasteiger partial charge is 0.463 e. The number of carbonyl (C=O) groups excluding carboxylic acids is 3. The standard InChI is InChI=1S/C28H44N2O5/c1-3-4-5-8-17-34-26(33)28-25(32)22-10-7-6-9-21(22)24(31)27(28,35-28)15-13-19(2)11-12-20-14-16-30-23(29)18-20/h13,20-23,30H,3-12,14-18,29H2,1-2H3. The van der Waals surface area contributed by atoms with Crippen molar-refractivity contribution < 1.29 is 23.9 Å². The lowest BCUT2D eigenvalue weighted by Gasteiger charge is -2.36. The van der Waals surface area contributed by atoms with Gasteiger partial charge in [-0.1, -0.05) is 50.7 Å². The number of rotatable bonds is 11. The van der Waals surface area contributed by atoms with Gasteiger partial charge < -0.3 is 20.5 Å². The summed E-state index contributed by atoms with van der Waals surface area (Å²) in [6, 6.07) is 0. The van der Waals surface area contributed by atoms with Crippen molar-refractivity contribution in [2.24, 2.45) is 23.5 Å². The third kappa shape index (κ3) is 5.14. The number of nitrogens with two attached hydrogens (primary N) is 1. The molecule has 7 heteroatoms. The molecule has 0 spiro atoms. The van der Waals surface area contributed by atoms with Gasteiger partial charge in [0, 0.05) is 18.3 Å². The van der Waals surface area contributed by atoms with Crippen LogP contribution in [0, 0.1) is 17.8 Å². The van der Waals surface area contributed by atoms with E-state index in [1.165, 1.54) is 0 Å². The summed E-state index contributed by atoms with van der Waals surface area (Å²) < 4.78 is 11.6. The highest BCUT2D eigenvalue weighted by Gasteiger charge is 2.86. The Balaban J connectivity index is 1.45. The van der Waals surface area contributed by atoms with Crippen molar-refractivity contribution in [1.82, 2.24) is 5.32 Å². The minimum absolute atomic E-state index is 0.0573. The Labute approximate surface area is 209 Å². The van der Waals surface area contributed by atoms with Gasteiger partial charge in [0.25, 0.3) is 5.60 Å². The van der Waals surface area contributed by atoms with Gasteiger partial charge in [0.1, 0.15) is 0 Å². The number of fused-ring (bicyclic) bond motifs is 2. The SMILES string of the molecule is CCCCCCOC(=O)C12OC1(CC=C(C)CCC1CCNC(N)C1)C(=O)C1CCCCC1C2=O. The van der Waals surface area contributed by atoms with E-state index >= 15 is 0 Å². The first-order valence-electron chi connectivity index (χ1n) is 14.0. The second-order valence-corrected chi connectivity index (χ2v) is 11.3. The third-order valence-electron chi connectivity index (χ3n) is 8.79. The first-order valence-corrected chi connectivity index (χ1v) is 14.0. The number of carbonyl (C=O) groups is 3. The first kappa shape index (κ1) is 26.5. The maximum Gasteiger partial charge on any atom is 0.349 e. The summed E-state index contributed by atoms with van der Waals surface area (Å²) in [6.45, 7) is 5.41. The zero-order valence-electron chi connectivity index (χ0n) is 21.6. The fourth-order valence-electron chi connectivity index (χ4n) is 6.56. The molecule has 2 saturated heterocycles. The fourth-order valence-corrected chi connectivity index (χ4v) is 6.56. The van der Waals surface area contributed by atoms with E-state index in [2.05, 4.69) is 19.2 Å². The van der Waals surface area contributed by atoms with E-state index in [4.69, 9.17) is 15.2 Å². The molecular weight excluding hydrogens is 444 g/mol. The Kier molecular flexibility index (Phi) is 8.49. The number of Topliss-reactive ketones (excluding diaryl/α,β-unsaturated/α-hetero) is 2. The molecule has 4 rings (SSSR count). The van der Waals surface area contributed by atoms with Crippen molar-refractivity contribution in [1.29, 1.82) is 0 Å². The number of ketones is 2. The van der Waals surface area contributed by atoms with Crippen LogP contribution in [0.15, 0.2) is 11.6 Å². The van der Waals surface area contributed by atoms with E-state index in [1.807, 2.05) is 6.08 Å². The number of hydrogen-bond acceptors (Lipinski definition) is 7. The third-order valence-corrected chi connectivity index (χ3v) is 8.79. The van der Waals surface area contributed by atoms with E-state index in [1.54, 1.807) is 0 Å². The zero-order chi connectivity index (χ0) is 25.1. The number of epoxide rings is 1. The summed E-state index contributed by atoms with van der Waals surface area (Å²) in [5.74, 6) is -1.06. The molecule has 0 amide bonds. The zero-order valence-corrected chi connectivity index (χ0v) is 21.6. The Morgan fingerprint density at radius 2 is 1.89 bits per heavy atom. The average molecular weight is 489 g/mol. The molecule has 2 aliphatic heterocycles. The topological polar surface area (TPSA) is 111 Å². The van der Waals surface area contributed by atoms with Crippen LogP contribution in [0.4, 0.5) is 0 Å². The van der Waals surface area contributed by atoms with E-state index in [0.29, 0.717) is 18.8 Å². The van der Waals surface area contributed by atoms with E-state index in [9.17, 15) is 14.4 Å². The molecule has 0 aromatic carbocycles. The molecule has 2 aliphatic carbocycles. The van der Waals surface area contributed by atoms with Gasteiger partial charge in [0.05, 0.1) is 12.8 Å². The minimum atomic E-state index is -1.73. The Bertz CT molecular complexity index is 841. The summed E-state index contributed by atoms with van der Waals surface area (Å²) in [5, 5.41) is 3.28. The van der Waals surface area contributed by atoms with Crippen LogP contribution < -0.4 is 11.1 Å². The molecule has 0 aromatic heterocycles. The highest BCUT2D eigenvalue weighted by atomic mass is 16.7. The Hall–Kier alpha value is -1.57. The van der Waals surface area contributed by atoms with Gasteiger partial charge in [-0.25, -0.2) is 4.79 Å². The maximum atomic E-state index is 13.7. The predicted octanol–water partition coefficient (Wildman–Crippen LogP) is 3.98. The molecular formula is C28H44N2O5. The van der Waals surface area contributed by atoms with Gasteiger partial charge in [-0.2, -0.15) is 0 Å². The van der Waals surface area contributed by atoms with Gasteiger partial charge >= 0.3 is 5.97 Å². The monoisotopic (exact) mass is 488 g/mol. The van der Waals surface area contributed by atoms with Crippen molar-refractivity contribution in [3.05, 3.63) is 11.6 Å². The number of nitrogens with one attached hydrogen (secondary N) is 1. The summed E-state index contributed by atoms with van der Waals surface area (Å²) >= 11 is 0. The molecule has 7 nitrogen and oxygen atoms in total. The molecule has 4 aliphatic rings. The normalized spacial score (nSPS) is 36.9. The van der Waals surface area contributed by atoms with Crippen LogP contribution in [0.3, 0.4) is 0 Å². The number of allylic oxidation sites excluding steroid dienone is 1. The summed E-state index contributed by atoms with van der Waals surface area (Å²) in [7, 11) is 0. The van der Waals surface area contributed by atoms with Crippen molar-refractivity contribution in [2.45, 2.75) is 115 Å². The average Bonchev–Trinajstić information content (AvgIpc) is 3.57. The fraction of sp³-hybridized carbons (Fsp3) is 0.821. The van der Waals surface area contributed by atoms with Crippen molar-refractivity contribution in [3.8, 4) is 0 Å². The van der Waals surface area contributed by atoms with Crippen LogP contribution in [-0.4, -0.2) is 48.1 Å². The number of unbranched alkanes of at least 4 members (excludes halogenated alkanes) is 3. The number of ether oxygens (including phenoxy) is 2. The number of esters is 1. The molecule has 4 fully saturated rings. The van der Waals surface area contributed by atoms with Crippen LogP contribution in [0.25, 0.3) is 0 Å². The van der Waals surface area contributed by atoms with E-state index < -0.39 is 23.1 Å². The van der Waals surface area contributed by atoms with Crippen molar-refractivity contribution in [2.75, 3.05) is 13.2 Å². The highest BCUT2D eigenvalue weighted by molar-refractivity contribution is 6.23.